The summed E-state index contributed by atoms with van der Waals surface area (Å²) in [7, 11) is 1.99. The van der Waals surface area contributed by atoms with Crippen LogP contribution in [0.4, 0.5) is 0 Å². The highest BCUT2D eigenvalue weighted by molar-refractivity contribution is 5.69. The van der Waals surface area contributed by atoms with E-state index in [2.05, 4.69) is 43.0 Å². The van der Waals surface area contributed by atoms with E-state index in [9.17, 15) is 19.8 Å². The van der Waals surface area contributed by atoms with E-state index in [-0.39, 0.29) is 19.1 Å². The molecule has 7 heteroatoms. The number of benzene rings is 1. The highest BCUT2D eigenvalue weighted by atomic mass is 16.4. The molecular formula is C21H33N3O4. The SMILES string of the molecule is CC(C)c1ccc(CC2CN(CC(=O)O)CCN(C)CCN2CC(=O)O)cc1. The van der Waals surface area contributed by atoms with Crippen molar-refractivity contribution in [3.8, 4) is 0 Å². The van der Waals surface area contributed by atoms with Gasteiger partial charge in [-0.05, 0) is 30.5 Å². The molecule has 0 amide bonds. The molecule has 28 heavy (non-hydrogen) atoms. The second kappa shape index (κ2) is 10.5. The molecule has 1 saturated heterocycles. The minimum absolute atomic E-state index is 0.0302. The molecule has 1 aromatic rings. The van der Waals surface area contributed by atoms with Crippen LogP contribution in [0.1, 0.15) is 30.9 Å². The quantitative estimate of drug-likeness (QED) is 0.728. The first-order chi connectivity index (χ1) is 13.2. The van der Waals surface area contributed by atoms with Gasteiger partial charge in [0, 0.05) is 38.8 Å². The summed E-state index contributed by atoms with van der Waals surface area (Å²) in [6, 6.07) is 8.41. The topological polar surface area (TPSA) is 84.3 Å². The van der Waals surface area contributed by atoms with Gasteiger partial charge < -0.3 is 15.1 Å². The van der Waals surface area contributed by atoms with Gasteiger partial charge in [-0.1, -0.05) is 38.1 Å². The third-order valence-corrected chi connectivity index (χ3v) is 5.37. The number of aliphatic carboxylic acids is 2. The summed E-state index contributed by atoms with van der Waals surface area (Å²) in [5, 5.41) is 18.7. The summed E-state index contributed by atoms with van der Waals surface area (Å²) >= 11 is 0. The van der Waals surface area contributed by atoms with Crippen LogP contribution < -0.4 is 0 Å². The Bertz CT molecular complexity index is 648. The van der Waals surface area contributed by atoms with Gasteiger partial charge >= 0.3 is 11.9 Å². The zero-order chi connectivity index (χ0) is 20.7. The largest absolute Gasteiger partial charge is 0.480 e. The summed E-state index contributed by atoms with van der Waals surface area (Å²) in [5.74, 6) is -1.25. The number of rotatable bonds is 7. The van der Waals surface area contributed by atoms with E-state index in [1.165, 1.54) is 5.56 Å². The normalized spacial score (nSPS) is 20.5. The van der Waals surface area contributed by atoms with Crippen LogP contribution in [0.25, 0.3) is 0 Å². The predicted octanol–water partition coefficient (Wildman–Crippen LogP) is 1.44. The molecule has 0 bridgehead atoms. The minimum Gasteiger partial charge on any atom is -0.480 e. The summed E-state index contributed by atoms with van der Waals surface area (Å²) in [6.45, 7) is 7.62. The lowest BCUT2D eigenvalue weighted by Gasteiger charge is -2.33. The number of hydrogen-bond acceptors (Lipinski definition) is 5. The molecule has 0 spiro atoms. The number of carboxylic acid groups (broad SMARTS) is 2. The van der Waals surface area contributed by atoms with E-state index in [1.54, 1.807) is 0 Å². The van der Waals surface area contributed by atoms with Crippen molar-refractivity contribution in [1.29, 1.82) is 0 Å². The summed E-state index contributed by atoms with van der Waals surface area (Å²) in [6.07, 6.45) is 0.700. The second-order valence-corrected chi connectivity index (χ2v) is 8.05. The highest BCUT2D eigenvalue weighted by Crippen LogP contribution is 2.18. The Labute approximate surface area is 167 Å². The molecule has 156 valence electrons. The fraction of sp³-hybridized carbons (Fsp3) is 0.619. The predicted molar refractivity (Wildman–Crippen MR) is 109 cm³/mol. The van der Waals surface area contributed by atoms with Crippen molar-refractivity contribution in [3.05, 3.63) is 35.4 Å². The Hall–Kier alpha value is -1.96. The Morgan fingerprint density at radius 2 is 1.61 bits per heavy atom. The molecule has 0 aromatic heterocycles. The molecule has 1 aromatic carbocycles. The summed E-state index contributed by atoms with van der Waals surface area (Å²) < 4.78 is 0. The van der Waals surface area contributed by atoms with E-state index >= 15 is 0 Å². The molecule has 0 aliphatic carbocycles. The van der Waals surface area contributed by atoms with Crippen molar-refractivity contribution in [2.45, 2.75) is 32.2 Å². The molecule has 7 nitrogen and oxygen atoms in total. The van der Waals surface area contributed by atoms with Crippen LogP contribution >= 0.6 is 0 Å². The Morgan fingerprint density at radius 1 is 1.00 bits per heavy atom. The molecule has 2 rings (SSSR count). The Balaban J connectivity index is 2.23. The molecule has 1 aliphatic rings. The lowest BCUT2D eigenvalue weighted by Crippen LogP contribution is -2.48. The Kier molecular flexibility index (Phi) is 8.41. The molecule has 0 radical (unpaired) electrons. The van der Waals surface area contributed by atoms with Crippen LogP contribution in [0.3, 0.4) is 0 Å². The van der Waals surface area contributed by atoms with E-state index < -0.39 is 11.9 Å². The van der Waals surface area contributed by atoms with Gasteiger partial charge in [0.1, 0.15) is 0 Å². The molecule has 1 unspecified atom stereocenters. The molecule has 1 aliphatic heterocycles. The molecule has 1 heterocycles. The maximum absolute atomic E-state index is 11.4. The highest BCUT2D eigenvalue weighted by Gasteiger charge is 2.26. The molecule has 1 fully saturated rings. The number of likely N-dealkylation sites (N-methyl/N-ethyl adjacent to an activating group) is 1. The zero-order valence-corrected chi connectivity index (χ0v) is 17.2. The number of nitrogens with zero attached hydrogens (tertiary/aromatic N) is 3. The third-order valence-electron chi connectivity index (χ3n) is 5.37. The van der Waals surface area contributed by atoms with Crippen molar-refractivity contribution in [2.24, 2.45) is 0 Å². The lowest BCUT2D eigenvalue weighted by molar-refractivity contribution is -0.140. The van der Waals surface area contributed by atoms with Crippen molar-refractivity contribution in [1.82, 2.24) is 14.7 Å². The number of carbonyl (C=O) groups is 2. The summed E-state index contributed by atoms with van der Waals surface area (Å²) in [5.41, 5.74) is 2.42. The van der Waals surface area contributed by atoms with Crippen molar-refractivity contribution in [2.75, 3.05) is 52.9 Å². The first-order valence-corrected chi connectivity index (χ1v) is 9.92. The third kappa shape index (κ3) is 7.22. The number of carboxylic acids is 2. The van der Waals surface area contributed by atoms with Gasteiger partial charge in [-0.3, -0.25) is 19.4 Å². The lowest BCUT2D eigenvalue weighted by atomic mass is 9.98. The van der Waals surface area contributed by atoms with Gasteiger partial charge in [0.15, 0.2) is 0 Å². The van der Waals surface area contributed by atoms with Gasteiger partial charge in [0.25, 0.3) is 0 Å². The number of hydrogen-bond donors (Lipinski definition) is 2. The van der Waals surface area contributed by atoms with Crippen LogP contribution in [0.15, 0.2) is 24.3 Å². The average molecular weight is 392 g/mol. The van der Waals surface area contributed by atoms with Crippen LogP contribution in [0, 0.1) is 0 Å². The van der Waals surface area contributed by atoms with Crippen molar-refractivity contribution < 1.29 is 19.8 Å². The van der Waals surface area contributed by atoms with Crippen LogP contribution in [0.2, 0.25) is 0 Å². The molecule has 2 N–H and O–H groups in total. The fourth-order valence-electron chi connectivity index (χ4n) is 3.63. The van der Waals surface area contributed by atoms with Crippen molar-refractivity contribution >= 4 is 11.9 Å². The van der Waals surface area contributed by atoms with Crippen LogP contribution in [0.5, 0.6) is 0 Å². The standard InChI is InChI=1S/C21H33N3O4/c1-16(2)18-6-4-17(5-7-18)12-19-13-23(14-20(25)26)10-8-22(3)9-11-24(19)15-21(27)28/h4-7,16,19H,8-15H2,1-3H3,(H,25,26)(H,27,28). The molecule has 1 atom stereocenters. The average Bonchev–Trinajstić information content (AvgIpc) is 2.67. The first kappa shape index (κ1) is 22.3. The monoisotopic (exact) mass is 391 g/mol. The zero-order valence-electron chi connectivity index (χ0n) is 17.2. The van der Waals surface area contributed by atoms with Gasteiger partial charge in [0.05, 0.1) is 13.1 Å². The van der Waals surface area contributed by atoms with Gasteiger partial charge in [-0.25, -0.2) is 0 Å². The summed E-state index contributed by atoms with van der Waals surface area (Å²) in [4.78, 5) is 28.8. The van der Waals surface area contributed by atoms with E-state index in [1.807, 2.05) is 16.8 Å². The van der Waals surface area contributed by atoms with E-state index in [0.717, 1.165) is 18.7 Å². The van der Waals surface area contributed by atoms with Crippen LogP contribution in [-0.2, 0) is 16.0 Å². The molecule has 0 saturated carbocycles. The fourth-order valence-corrected chi connectivity index (χ4v) is 3.63. The van der Waals surface area contributed by atoms with Gasteiger partial charge in [0.2, 0.25) is 0 Å². The van der Waals surface area contributed by atoms with Crippen molar-refractivity contribution in [3.63, 3.8) is 0 Å². The Morgan fingerprint density at radius 3 is 2.18 bits per heavy atom. The van der Waals surface area contributed by atoms with Gasteiger partial charge in [-0.15, -0.1) is 0 Å². The van der Waals surface area contributed by atoms with E-state index in [4.69, 9.17) is 0 Å². The van der Waals surface area contributed by atoms with Crippen LogP contribution in [-0.4, -0.2) is 95.8 Å². The maximum Gasteiger partial charge on any atom is 0.317 e. The second-order valence-electron chi connectivity index (χ2n) is 8.05. The smallest absolute Gasteiger partial charge is 0.317 e. The van der Waals surface area contributed by atoms with Gasteiger partial charge in [-0.2, -0.15) is 0 Å². The molecular weight excluding hydrogens is 358 g/mol. The van der Waals surface area contributed by atoms with E-state index in [0.29, 0.717) is 32.0 Å². The first-order valence-electron chi connectivity index (χ1n) is 9.92. The minimum atomic E-state index is -0.855. The maximum atomic E-state index is 11.4.